The summed E-state index contributed by atoms with van der Waals surface area (Å²) in [5, 5.41) is 3.62. The highest BCUT2D eigenvalue weighted by Crippen LogP contribution is 2.41. The van der Waals surface area contributed by atoms with Crippen molar-refractivity contribution >= 4 is 54.5 Å². The number of hydrogen-bond acceptors (Lipinski definition) is 3. The van der Waals surface area contributed by atoms with Gasteiger partial charge >= 0.3 is 0 Å². The summed E-state index contributed by atoms with van der Waals surface area (Å²) in [6.45, 7) is 3.15. The van der Waals surface area contributed by atoms with E-state index in [2.05, 4.69) is 56.2 Å². The van der Waals surface area contributed by atoms with Crippen LogP contribution in [0.15, 0.2) is 19.7 Å². The quantitative estimate of drug-likeness (QED) is 0.686. The monoisotopic (exact) mass is 419 g/mol. The van der Waals surface area contributed by atoms with Crippen LogP contribution in [0.1, 0.15) is 40.3 Å². The molecule has 1 atom stereocenters. The van der Waals surface area contributed by atoms with Gasteiger partial charge in [-0.1, -0.05) is 6.92 Å². The molecule has 1 N–H and O–H groups in total. The van der Waals surface area contributed by atoms with Crippen LogP contribution in [0, 0.1) is 0 Å². The molecule has 0 radical (unpaired) electrons. The average Bonchev–Trinajstić information content (AvgIpc) is 3.00. The molecule has 19 heavy (non-hydrogen) atoms. The molecule has 0 amide bonds. The molecule has 0 saturated heterocycles. The highest BCUT2D eigenvalue weighted by atomic mass is 79.9. The lowest BCUT2D eigenvalue weighted by atomic mass is 10.1. The van der Waals surface area contributed by atoms with Crippen LogP contribution in [-0.4, -0.2) is 6.54 Å². The van der Waals surface area contributed by atoms with E-state index in [0.717, 1.165) is 6.54 Å². The van der Waals surface area contributed by atoms with E-state index in [0.29, 0.717) is 6.04 Å². The van der Waals surface area contributed by atoms with Gasteiger partial charge in [-0.2, -0.15) is 0 Å². The van der Waals surface area contributed by atoms with Crippen molar-refractivity contribution in [3.63, 3.8) is 0 Å². The second-order valence-corrected chi connectivity index (χ2v) is 9.64. The van der Waals surface area contributed by atoms with Crippen molar-refractivity contribution in [3.8, 4) is 0 Å². The van der Waals surface area contributed by atoms with Gasteiger partial charge in [-0.05, 0) is 75.4 Å². The first kappa shape index (κ1) is 14.3. The second kappa shape index (κ2) is 5.98. The maximum atomic E-state index is 3.69. The lowest BCUT2D eigenvalue weighted by molar-refractivity contribution is 0.639. The molecule has 1 unspecified atom stereocenters. The molecule has 0 spiro atoms. The minimum Gasteiger partial charge on any atom is -0.306 e. The van der Waals surface area contributed by atoms with E-state index in [4.69, 9.17) is 0 Å². The number of nitrogens with one attached hydrogen (secondary N) is 1. The molecule has 0 aromatic carbocycles. The van der Waals surface area contributed by atoms with Crippen LogP contribution < -0.4 is 5.32 Å². The molecule has 0 bridgehead atoms. The normalized spacial score (nSPS) is 15.7. The summed E-state index contributed by atoms with van der Waals surface area (Å²) in [4.78, 5) is 3.06. The van der Waals surface area contributed by atoms with Gasteiger partial charge in [0.15, 0.2) is 0 Å². The molecular weight excluding hydrogens is 406 g/mol. The average molecular weight is 421 g/mol. The van der Waals surface area contributed by atoms with Crippen molar-refractivity contribution in [1.82, 2.24) is 5.32 Å². The summed E-state index contributed by atoms with van der Waals surface area (Å²) in [5.41, 5.74) is 2.92. The Labute approximate surface area is 138 Å². The lowest BCUT2D eigenvalue weighted by Crippen LogP contribution is -2.20. The van der Waals surface area contributed by atoms with Gasteiger partial charge in [0.05, 0.1) is 13.6 Å². The number of fused-ring (bicyclic) bond motifs is 1. The van der Waals surface area contributed by atoms with Gasteiger partial charge in [-0.3, -0.25) is 0 Å². The van der Waals surface area contributed by atoms with E-state index >= 15 is 0 Å². The number of aryl methyl sites for hydroxylation is 2. The van der Waals surface area contributed by atoms with E-state index in [1.165, 1.54) is 37.3 Å². The zero-order chi connectivity index (χ0) is 13.4. The van der Waals surface area contributed by atoms with Crippen molar-refractivity contribution in [1.29, 1.82) is 0 Å². The van der Waals surface area contributed by atoms with Gasteiger partial charge in [-0.15, -0.1) is 22.7 Å². The molecule has 1 aliphatic rings. The Morgan fingerprint density at radius 1 is 1.26 bits per heavy atom. The van der Waals surface area contributed by atoms with Crippen LogP contribution in [0.3, 0.4) is 0 Å². The molecular formula is C14H15Br2NS2. The first-order valence-electron chi connectivity index (χ1n) is 6.48. The summed E-state index contributed by atoms with van der Waals surface area (Å²) >= 11 is 11.0. The van der Waals surface area contributed by atoms with Crippen LogP contribution >= 0.6 is 54.5 Å². The van der Waals surface area contributed by atoms with Crippen LogP contribution in [0.4, 0.5) is 0 Å². The third-order valence-corrected chi connectivity index (χ3v) is 7.14. The largest absolute Gasteiger partial charge is 0.306 e. The zero-order valence-electron chi connectivity index (χ0n) is 10.6. The maximum absolute atomic E-state index is 3.69. The Balaban J connectivity index is 1.98. The first-order valence-corrected chi connectivity index (χ1v) is 9.70. The lowest BCUT2D eigenvalue weighted by Gasteiger charge is -2.16. The van der Waals surface area contributed by atoms with E-state index in [-0.39, 0.29) is 0 Å². The summed E-state index contributed by atoms with van der Waals surface area (Å²) in [7, 11) is 0. The van der Waals surface area contributed by atoms with Gasteiger partial charge < -0.3 is 5.32 Å². The smallest absolute Gasteiger partial charge is 0.0762 e. The van der Waals surface area contributed by atoms with Crippen molar-refractivity contribution in [2.45, 2.75) is 32.2 Å². The molecule has 2 aromatic heterocycles. The molecule has 3 rings (SSSR count). The Bertz CT molecular complexity index is 567. The fraction of sp³-hybridized carbons (Fsp3) is 0.429. The second-order valence-electron chi connectivity index (χ2n) is 4.72. The number of hydrogen-bond donors (Lipinski definition) is 1. The van der Waals surface area contributed by atoms with Crippen molar-refractivity contribution < 1.29 is 0 Å². The molecule has 0 saturated carbocycles. The number of thiophene rings is 2. The van der Waals surface area contributed by atoms with Crippen LogP contribution in [0.25, 0.3) is 0 Å². The van der Waals surface area contributed by atoms with Gasteiger partial charge in [-0.25, -0.2) is 0 Å². The molecule has 1 nitrogen and oxygen atoms in total. The minimum absolute atomic E-state index is 0.317. The third-order valence-electron chi connectivity index (χ3n) is 3.45. The Kier molecular flexibility index (Phi) is 4.49. The third kappa shape index (κ3) is 2.86. The van der Waals surface area contributed by atoms with Crippen LogP contribution in [0.5, 0.6) is 0 Å². The highest BCUT2D eigenvalue weighted by Gasteiger charge is 2.23. The van der Waals surface area contributed by atoms with E-state index in [1.54, 1.807) is 21.8 Å². The predicted octanol–water partition coefficient (Wildman–Crippen LogP) is 5.52. The van der Waals surface area contributed by atoms with Gasteiger partial charge in [0.25, 0.3) is 0 Å². The molecule has 1 aliphatic carbocycles. The van der Waals surface area contributed by atoms with Crippen LogP contribution in [0.2, 0.25) is 0 Å². The predicted molar refractivity (Wildman–Crippen MR) is 91.6 cm³/mol. The molecule has 102 valence electrons. The van der Waals surface area contributed by atoms with E-state index < -0.39 is 0 Å². The Hall–Kier alpha value is 0.320. The van der Waals surface area contributed by atoms with Gasteiger partial charge in [0.1, 0.15) is 0 Å². The minimum atomic E-state index is 0.317. The fourth-order valence-corrected chi connectivity index (χ4v) is 6.87. The zero-order valence-corrected chi connectivity index (χ0v) is 15.4. The summed E-state index contributed by atoms with van der Waals surface area (Å²) in [5.74, 6) is 0. The fourth-order valence-electron chi connectivity index (χ4n) is 2.61. The Morgan fingerprint density at radius 2 is 2.11 bits per heavy atom. The van der Waals surface area contributed by atoms with Crippen molar-refractivity contribution in [2.75, 3.05) is 6.54 Å². The Morgan fingerprint density at radius 3 is 2.74 bits per heavy atom. The van der Waals surface area contributed by atoms with Crippen molar-refractivity contribution in [2.24, 2.45) is 0 Å². The van der Waals surface area contributed by atoms with E-state index in [9.17, 15) is 0 Å². The molecule has 2 aromatic rings. The standard InChI is InChI=1S/C14H15Br2NS2/c1-2-17-13(9-7-12(15)19-14(9)16)11-6-8-4-3-5-10(8)18-11/h6-7,13,17H,2-5H2,1H3. The molecule has 5 heteroatoms. The van der Waals surface area contributed by atoms with Gasteiger partial charge in [0.2, 0.25) is 0 Å². The van der Waals surface area contributed by atoms with Crippen LogP contribution in [-0.2, 0) is 12.8 Å². The van der Waals surface area contributed by atoms with Crippen molar-refractivity contribution in [3.05, 3.63) is 40.6 Å². The highest BCUT2D eigenvalue weighted by molar-refractivity contribution is 9.12. The summed E-state index contributed by atoms with van der Waals surface area (Å²) in [6.07, 6.45) is 3.87. The number of halogens is 2. The topological polar surface area (TPSA) is 12.0 Å². The first-order chi connectivity index (χ1) is 9.19. The molecule has 0 fully saturated rings. The SMILES string of the molecule is CCNC(c1cc2c(s1)CCC2)c1cc(Br)sc1Br. The van der Waals surface area contributed by atoms with E-state index in [1.807, 2.05) is 11.3 Å². The molecule has 2 heterocycles. The molecule has 0 aliphatic heterocycles. The summed E-state index contributed by atoms with van der Waals surface area (Å²) in [6, 6.07) is 4.96. The maximum Gasteiger partial charge on any atom is 0.0762 e. The summed E-state index contributed by atoms with van der Waals surface area (Å²) < 4.78 is 2.40. The van der Waals surface area contributed by atoms with Gasteiger partial charge in [0, 0.05) is 15.3 Å². The number of rotatable bonds is 4.